The Bertz CT molecular complexity index is 1340. The number of nitrogens with one attached hydrogen (secondary N) is 1. The smallest absolute Gasteiger partial charge is 0.263 e. The van der Waals surface area contributed by atoms with E-state index in [1.165, 1.54) is 22.2 Å². The van der Waals surface area contributed by atoms with Crippen molar-refractivity contribution in [3.8, 4) is 11.1 Å². The van der Waals surface area contributed by atoms with Crippen LogP contribution in [0.1, 0.15) is 11.1 Å². The average molecular weight is 458 g/mol. The highest BCUT2D eigenvalue weighted by atomic mass is 35.5. The minimum absolute atomic E-state index is 0.188. The fourth-order valence-electron chi connectivity index (χ4n) is 3.34. The highest BCUT2D eigenvalue weighted by Gasteiger charge is 2.16. The van der Waals surface area contributed by atoms with Crippen LogP contribution in [0.25, 0.3) is 21.3 Å². The topological polar surface area (TPSA) is 64.0 Å². The first-order chi connectivity index (χ1) is 14.3. The molecule has 0 aliphatic carbocycles. The molecular formula is C22H17Cl2N3O2S. The van der Waals surface area contributed by atoms with Gasteiger partial charge in [0, 0.05) is 10.9 Å². The molecule has 4 aromatic rings. The molecule has 1 amide bonds. The lowest BCUT2D eigenvalue weighted by Crippen LogP contribution is -2.27. The Hall–Kier alpha value is -2.67. The van der Waals surface area contributed by atoms with Crippen molar-refractivity contribution in [3.05, 3.63) is 79.6 Å². The number of nitrogens with zero attached hydrogens (tertiary/aromatic N) is 2. The van der Waals surface area contributed by atoms with Gasteiger partial charge >= 0.3 is 0 Å². The number of aromatic nitrogens is 2. The third-order valence-electron chi connectivity index (χ3n) is 4.77. The monoisotopic (exact) mass is 457 g/mol. The third kappa shape index (κ3) is 3.86. The maximum absolute atomic E-state index is 13.2. The summed E-state index contributed by atoms with van der Waals surface area (Å²) in [5.41, 5.74) is 4.18. The van der Waals surface area contributed by atoms with Crippen molar-refractivity contribution in [2.45, 2.75) is 20.4 Å². The van der Waals surface area contributed by atoms with Gasteiger partial charge in [0.25, 0.3) is 5.56 Å². The third-order valence-corrected chi connectivity index (χ3v) is 6.48. The van der Waals surface area contributed by atoms with Crippen molar-refractivity contribution in [2.24, 2.45) is 0 Å². The van der Waals surface area contributed by atoms with Crippen LogP contribution in [0.5, 0.6) is 0 Å². The van der Waals surface area contributed by atoms with E-state index in [1.54, 1.807) is 18.2 Å². The molecule has 0 saturated heterocycles. The summed E-state index contributed by atoms with van der Waals surface area (Å²) in [5, 5.41) is 5.74. The van der Waals surface area contributed by atoms with Crippen LogP contribution in [0, 0.1) is 13.8 Å². The first-order valence-corrected chi connectivity index (χ1v) is 10.8. The molecule has 0 atom stereocenters. The van der Waals surface area contributed by atoms with E-state index in [4.69, 9.17) is 23.2 Å². The van der Waals surface area contributed by atoms with Crippen LogP contribution in [-0.2, 0) is 11.3 Å². The molecule has 0 fully saturated rings. The second-order valence-electron chi connectivity index (χ2n) is 6.98. The van der Waals surface area contributed by atoms with E-state index in [9.17, 15) is 9.59 Å². The number of thiophene rings is 1. The number of amides is 1. The number of carbonyl (C=O) groups is 1. The van der Waals surface area contributed by atoms with Gasteiger partial charge in [-0.2, -0.15) is 0 Å². The molecule has 1 N–H and O–H groups in total. The van der Waals surface area contributed by atoms with Gasteiger partial charge < -0.3 is 5.32 Å². The zero-order valence-electron chi connectivity index (χ0n) is 16.2. The number of hydrogen-bond acceptors (Lipinski definition) is 4. The molecule has 0 aliphatic rings. The van der Waals surface area contributed by atoms with E-state index in [0.29, 0.717) is 20.9 Å². The molecule has 0 unspecified atom stereocenters. The van der Waals surface area contributed by atoms with Crippen molar-refractivity contribution in [2.75, 3.05) is 5.32 Å². The minimum atomic E-state index is -0.397. The lowest BCUT2D eigenvalue weighted by atomic mass is 9.99. The first kappa shape index (κ1) is 20.6. The zero-order chi connectivity index (χ0) is 21.4. The molecule has 0 saturated carbocycles. The van der Waals surface area contributed by atoms with Gasteiger partial charge in [-0.1, -0.05) is 53.0 Å². The molecule has 2 aromatic heterocycles. The van der Waals surface area contributed by atoms with Crippen molar-refractivity contribution in [1.82, 2.24) is 9.55 Å². The van der Waals surface area contributed by atoms with E-state index >= 15 is 0 Å². The molecule has 4 rings (SSSR count). The van der Waals surface area contributed by atoms with Gasteiger partial charge in [0.1, 0.15) is 11.4 Å². The quantitative estimate of drug-likeness (QED) is 0.428. The van der Waals surface area contributed by atoms with Gasteiger partial charge in [-0.15, -0.1) is 11.3 Å². The molecule has 0 spiro atoms. The van der Waals surface area contributed by atoms with Crippen molar-refractivity contribution in [3.63, 3.8) is 0 Å². The summed E-state index contributed by atoms with van der Waals surface area (Å²) in [6.07, 6.45) is 1.39. The summed E-state index contributed by atoms with van der Waals surface area (Å²) in [5.74, 6) is -0.397. The SMILES string of the molecule is Cc1ccc(-c2csc3ncn(CC(=O)Nc4cccc(Cl)c4Cl)c(=O)c23)c(C)c1. The normalized spacial score (nSPS) is 11.1. The Morgan fingerprint density at radius 3 is 2.73 bits per heavy atom. The van der Waals surface area contributed by atoms with E-state index < -0.39 is 5.91 Å². The number of halogens is 2. The molecule has 0 radical (unpaired) electrons. The summed E-state index contributed by atoms with van der Waals surface area (Å²) in [6.45, 7) is 3.86. The maximum atomic E-state index is 13.2. The summed E-state index contributed by atoms with van der Waals surface area (Å²) in [4.78, 5) is 30.7. The average Bonchev–Trinajstić information content (AvgIpc) is 3.12. The molecule has 0 aliphatic heterocycles. The standard InChI is InChI=1S/C22H17Cl2N3O2S/c1-12-6-7-14(13(2)8-12)15-10-30-21-19(15)22(29)27(11-25-21)9-18(28)26-17-5-3-4-16(23)20(17)24/h3-8,10-11H,9H2,1-2H3,(H,26,28). The molecule has 5 nitrogen and oxygen atoms in total. The van der Waals surface area contributed by atoms with Crippen molar-refractivity contribution in [1.29, 1.82) is 0 Å². The van der Waals surface area contributed by atoms with Gasteiger partial charge in [0.15, 0.2) is 0 Å². The highest BCUT2D eigenvalue weighted by molar-refractivity contribution is 7.17. The first-order valence-electron chi connectivity index (χ1n) is 9.13. The number of hydrogen-bond donors (Lipinski definition) is 1. The van der Waals surface area contributed by atoms with Crippen LogP contribution < -0.4 is 10.9 Å². The highest BCUT2D eigenvalue weighted by Crippen LogP contribution is 2.33. The molecule has 152 valence electrons. The van der Waals surface area contributed by atoms with Gasteiger partial charge in [-0.3, -0.25) is 14.2 Å². The molecule has 8 heteroatoms. The predicted molar refractivity (Wildman–Crippen MR) is 124 cm³/mol. The number of aryl methyl sites for hydroxylation is 2. The lowest BCUT2D eigenvalue weighted by Gasteiger charge is -2.10. The van der Waals surface area contributed by atoms with E-state index in [1.807, 2.05) is 31.4 Å². The second-order valence-corrected chi connectivity index (χ2v) is 8.62. The molecule has 30 heavy (non-hydrogen) atoms. The lowest BCUT2D eigenvalue weighted by molar-refractivity contribution is -0.116. The second kappa shape index (κ2) is 8.22. The summed E-state index contributed by atoms with van der Waals surface area (Å²) >= 11 is 13.5. The van der Waals surface area contributed by atoms with E-state index in [-0.39, 0.29) is 17.1 Å². The number of rotatable bonds is 4. The molecular weight excluding hydrogens is 441 g/mol. The number of anilines is 1. The van der Waals surface area contributed by atoms with E-state index in [0.717, 1.165) is 22.3 Å². The summed E-state index contributed by atoms with van der Waals surface area (Å²) in [6, 6.07) is 11.1. The van der Waals surface area contributed by atoms with Gasteiger partial charge in [0.05, 0.1) is 27.4 Å². The van der Waals surface area contributed by atoms with Gasteiger partial charge in [-0.25, -0.2) is 4.98 Å². The Morgan fingerprint density at radius 2 is 1.97 bits per heavy atom. The van der Waals surface area contributed by atoms with Crippen molar-refractivity contribution < 1.29 is 4.79 Å². The Labute approximate surface area is 186 Å². The summed E-state index contributed by atoms with van der Waals surface area (Å²) in [7, 11) is 0. The number of benzene rings is 2. The van der Waals surface area contributed by atoms with Crippen molar-refractivity contribution >= 4 is 56.3 Å². The van der Waals surface area contributed by atoms with Crippen LogP contribution >= 0.6 is 34.5 Å². The van der Waals surface area contributed by atoms with Crippen LogP contribution in [0.3, 0.4) is 0 Å². The van der Waals surface area contributed by atoms with Crippen LogP contribution in [0.4, 0.5) is 5.69 Å². The van der Waals surface area contributed by atoms with Gasteiger partial charge in [0.2, 0.25) is 5.91 Å². The molecule has 2 aromatic carbocycles. The maximum Gasteiger partial charge on any atom is 0.263 e. The number of fused-ring (bicyclic) bond motifs is 1. The molecule has 0 bridgehead atoms. The molecule has 2 heterocycles. The fourth-order valence-corrected chi connectivity index (χ4v) is 4.58. The van der Waals surface area contributed by atoms with Crippen LogP contribution in [0.2, 0.25) is 10.0 Å². The van der Waals surface area contributed by atoms with Crippen LogP contribution in [-0.4, -0.2) is 15.5 Å². The largest absolute Gasteiger partial charge is 0.323 e. The fraction of sp³-hybridized carbons (Fsp3) is 0.136. The zero-order valence-corrected chi connectivity index (χ0v) is 18.5. The van der Waals surface area contributed by atoms with Crippen LogP contribution in [0.15, 0.2) is 52.9 Å². The Morgan fingerprint density at radius 1 is 1.17 bits per heavy atom. The number of carbonyl (C=O) groups excluding carboxylic acids is 1. The summed E-state index contributed by atoms with van der Waals surface area (Å²) < 4.78 is 1.30. The van der Waals surface area contributed by atoms with Gasteiger partial charge in [-0.05, 0) is 37.1 Å². The predicted octanol–water partition coefficient (Wildman–Crippen LogP) is 5.69. The Balaban J connectivity index is 1.69. The Kier molecular flexibility index (Phi) is 5.64. The minimum Gasteiger partial charge on any atom is -0.323 e. The van der Waals surface area contributed by atoms with E-state index in [2.05, 4.69) is 16.4 Å².